The maximum Gasteiger partial charge on any atom is 0.248 e. The molecule has 1 aliphatic rings. The van der Waals surface area contributed by atoms with Gasteiger partial charge in [0.15, 0.2) is 11.6 Å². The van der Waals surface area contributed by atoms with E-state index in [9.17, 15) is 5.11 Å². The summed E-state index contributed by atoms with van der Waals surface area (Å²) >= 11 is 1.46. The maximum absolute atomic E-state index is 10.1. The number of aliphatic imine (C=N–C) groups is 1. The number of hydrogen-bond acceptors (Lipinski definition) is 5. The summed E-state index contributed by atoms with van der Waals surface area (Å²) in [6.45, 7) is 7.61. The minimum atomic E-state index is 0.136. The Morgan fingerprint density at radius 1 is 1.50 bits per heavy atom. The van der Waals surface area contributed by atoms with Crippen molar-refractivity contribution < 1.29 is 9.84 Å². The monoisotopic (exact) mass is 317 g/mol. The maximum atomic E-state index is 10.1. The lowest BCUT2D eigenvalue weighted by Crippen LogP contribution is -2.33. The first-order valence-corrected chi connectivity index (χ1v) is 7.97. The van der Waals surface area contributed by atoms with Crippen LogP contribution in [0.15, 0.2) is 51.7 Å². The van der Waals surface area contributed by atoms with Gasteiger partial charge in [0.2, 0.25) is 5.90 Å². The average molecular weight is 317 g/mol. The highest BCUT2D eigenvalue weighted by Gasteiger charge is 2.26. The Morgan fingerprint density at radius 3 is 2.82 bits per heavy atom. The summed E-state index contributed by atoms with van der Waals surface area (Å²) in [5.74, 6) is 1.64. The number of phenols is 1. The fraction of sp³-hybridized carbons (Fsp3) is 0.250. The second kappa shape index (κ2) is 6.70. The predicted molar refractivity (Wildman–Crippen MR) is 92.1 cm³/mol. The standard InChI is InChI=1S/C16H19N3O2S/c1-6-13-15(17-11(3)22-5)19(4)18-16(21-13)14-10(2)8-7-9-12(14)20/h6-9,20H,3H2,1-2,4-5H3/b13-6+,17-15+. The van der Waals surface area contributed by atoms with Gasteiger partial charge in [0, 0.05) is 7.05 Å². The van der Waals surface area contributed by atoms with Gasteiger partial charge >= 0.3 is 0 Å². The topological polar surface area (TPSA) is 57.4 Å². The molecule has 6 heteroatoms. The van der Waals surface area contributed by atoms with Gasteiger partial charge in [-0.25, -0.2) is 10.0 Å². The highest BCUT2D eigenvalue weighted by Crippen LogP contribution is 2.26. The highest BCUT2D eigenvalue weighted by molar-refractivity contribution is 8.02. The summed E-state index contributed by atoms with van der Waals surface area (Å²) < 4.78 is 5.84. The van der Waals surface area contributed by atoms with Gasteiger partial charge in [-0.2, -0.15) is 0 Å². The predicted octanol–water partition coefficient (Wildman–Crippen LogP) is 3.46. The molecule has 0 atom stereocenters. The van der Waals surface area contributed by atoms with Crippen LogP contribution in [-0.4, -0.2) is 35.2 Å². The molecule has 1 N–H and O–H groups in total. The van der Waals surface area contributed by atoms with Crippen molar-refractivity contribution in [1.82, 2.24) is 5.01 Å². The van der Waals surface area contributed by atoms with Gasteiger partial charge in [-0.1, -0.05) is 18.7 Å². The molecule has 0 aliphatic carbocycles. The van der Waals surface area contributed by atoms with E-state index in [-0.39, 0.29) is 5.75 Å². The van der Waals surface area contributed by atoms with E-state index in [0.717, 1.165) is 5.56 Å². The zero-order chi connectivity index (χ0) is 16.3. The number of hydrogen-bond donors (Lipinski definition) is 1. The van der Waals surface area contributed by atoms with Crippen molar-refractivity contribution in [2.75, 3.05) is 13.3 Å². The second-order valence-electron chi connectivity index (χ2n) is 4.69. The Labute approximate surface area is 134 Å². The first-order chi connectivity index (χ1) is 10.5. The van der Waals surface area contributed by atoms with Gasteiger partial charge in [-0.05, 0) is 37.8 Å². The van der Waals surface area contributed by atoms with Crippen LogP contribution in [0.2, 0.25) is 0 Å². The number of benzene rings is 1. The molecule has 2 rings (SSSR count). The van der Waals surface area contributed by atoms with Gasteiger partial charge in [0.1, 0.15) is 5.75 Å². The Hall–Kier alpha value is -2.21. The quantitative estimate of drug-likeness (QED) is 0.927. The number of thioether (sulfide) groups is 1. The third-order valence-electron chi connectivity index (χ3n) is 3.17. The zero-order valence-electron chi connectivity index (χ0n) is 13.1. The molecule has 0 bridgehead atoms. The molecular formula is C16H19N3O2S. The minimum Gasteiger partial charge on any atom is -0.507 e. The number of aromatic hydroxyl groups is 1. The van der Waals surface area contributed by atoms with E-state index < -0.39 is 0 Å². The molecule has 0 saturated heterocycles. The van der Waals surface area contributed by atoms with Crippen LogP contribution in [0.5, 0.6) is 5.75 Å². The van der Waals surface area contributed by atoms with E-state index in [1.54, 1.807) is 24.2 Å². The molecule has 1 aromatic rings. The van der Waals surface area contributed by atoms with E-state index in [4.69, 9.17) is 4.74 Å². The number of likely N-dealkylation sites (N-methyl/N-ethyl adjacent to an activating group) is 1. The van der Waals surface area contributed by atoms with Crippen molar-refractivity contribution in [3.63, 3.8) is 0 Å². The van der Waals surface area contributed by atoms with Crippen LogP contribution < -0.4 is 0 Å². The van der Waals surface area contributed by atoms with Crippen LogP contribution in [0.1, 0.15) is 18.1 Å². The molecule has 0 fully saturated rings. The smallest absolute Gasteiger partial charge is 0.248 e. The van der Waals surface area contributed by atoms with Crippen LogP contribution in [0.3, 0.4) is 0 Å². The molecule has 5 nitrogen and oxygen atoms in total. The molecule has 0 aromatic heterocycles. The number of nitrogens with zero attached hydrogens (tertiary/aromatic N) is 3. The lowest BCUT2D eigenvalue weighted by molar-refractivity contribution is 0.366. The Kier molecular flexibility index (Phi) is 4.92. The number of ether oxygens (including phenoxy) is 1. The summed E-state index contributed by atoms with van der Waals surface area (Å²) in [6.07, 6.45) is 3.72. The lowest BCUT2D eigenvalue weighted by atomic mass is 10.1. The lowest BCUT2D eigenvalue weighted by Gasteiger charge is -2.26. The number of phenolic OH excluding ortho intramolecular Hbond substituents is 1. The first kappa shape index (κ1) is 16.2. The van der Waals surface area contributed by atoms with Crippen LogP contribution in [0.4, 0.5) is 0 Å². The Balaban J connectivity index is 2.49. The van der Waals surface area contributed by atoms with Crippen molar-refractivity contribution in [1.29, 1.82) is 0 Å². The third-order valence-corrected chi connectivity index (χ3v) is 3.73. The molecule has 22 heavy (non-hydrogen) atoms. The van der Waals surface area contributed by atoms with Crippen LogP contribution in [0, 0.1) is 6.92 Å². The van der Waals surface area contributed by atoms with Crippen LogP contribution >= 0.6 is 11.8 Å². The highest BCUT2D eigenvalue weighted by atomic mass is 32.2. The van der Waals surface area contributed by atoms with E-state index >= 15 is 0 Å². The van der Waals surface area contributed by atoms with Gasteiger partial charge < -0.3 is 9.84 Å². The molecule has 0 spiro atoms. The fourth-order valence-corrected chi connectivity index (χ4v) is 2.20. The Morgan fingerprint density at radius 2 is 2.23 bits per heavy atom. The zero-order valence-corrected chi connectivity index (χ0v) is 13.9. The molecule has 0 unspecified atom stereocenters. The van der Waals surface area contributed by atoms with Gasteiger partial charge in [-0.3, -0.25) is 0 Å². The summed E-state index contributed by atoms with van der Waals surface area (Å²) in [6, 6.07) is 5.30. The van der Waals surface area contributed by atoms with Crippen LogP contribution in [-0.2, 0) is 4.74 Å². The third kappa shape index (κ3) is 3.17. The van der Waals surface area contributed by atoms with E-state index in [1.807, 2.05) is 32.2 Å². The molecule has 116 valence electrons. The van der Waals surface area contributed by atoms with E-state index in [2.05, 4.69) is 16.7 Å². The SMILES string of the molecule is C=C(/N=C1\C(=C/C)OC(c2c(C)cccc2O)=NN1C)SC. The van der Waals surface area contributed by atoms with Gasteiger partial charge in [0.25, 0.3) is 0 Å². The first-order valence-electron chi connectivity index (χ1n) is 6.75. The van der Waals surface area contributed by atoms with Crippen LogP contribution in [0.25, 0.3) is 0 Å². The van der Waals surface area contributed by atoms with E-state index in [0.29, 0.717) is 28.1 Å². The summed E-state index contributed by atoms with van der Waals surface area (Å²) in [5.41, 5.74) is 1.47. The fourth-order valence-electron chi connectivity index (χ4n) is 2.02. The number of rotatable bonds is 3. The van der Waals surface area contributed by atoms with Gasteiger partial charge in [-0.15, -0.1) is 16.9 Å². The van der Waals surface area contributed by atoms with Crippen molar-refractivity contribution in [3.8, 4) is 5.75 Å². The second-order valence-corrected chi connectivity index (χ2v) is 5.57. The van der Waals surface area contributed by atoms with Crippen molar-refractivity contribution >= 4 is 23.5 Å². The summed E-state index contributed by atoms with van der Waals surface area (Å²) in [7, 11) is 1.79. The van der Waals surface area contributed by atoms with Crippen molar-refractivity contribution in [2.24, 2.45) is 10.1 Å². The molecule has 0 saturated carbocycles. The number of aryl methyl sites for hydroxylation is 1. The molecular weight excluding hydrogens is 298 g/mol. The molecule has 0 radical (unpaired) electrons. The molecule has 1 heterocycles. The molecule has 1 aromatic carbocycles. The van der Waals surface area contributed by atoms with Crippen molar-refractivity contribution in [3.05, 3.63) is 52.8 Å². The van der Waals surface area contributed by atoms with Crippen molar-refractivity contribution in [2.45, 2.75) is 13.8 Å². The summed E-state index contributed by atoms with van der Waals surface area (Å²) in [4.78, 5) is 4.41. The molecule has 0 amide bonds. The normalized spacial score (nSPS) is 18.4. The van der Waals surface area contributed by atoms with E-state index in [1.165, 1.54) is 11.8 Å². The number of allylic oxidation sites excluding steroid dienone is 1. The largest absolute Gasteiger partial charge is 0.507 e. The Bertz CT molecular complexity index is 672. The number of hydrazone groups is 1. The summed E-state index contributed by atoms with van der Waals surface area (Å²) in [5, 5.41) is 16.8. The average Bonchev–Trinajstić information content (AvgIpc) is 2.49. The molecule has 1 aliphatic heterocycles. The van der Waals surface area contributed by atoms with Gasteiger partial charge in [0.05, 0.1) is 10.6 Å². The minimum absolute atomic E-state index is 0.136. The number of amidine groups is 1.